The Bertz CT molecular complexity index is 1210. The number of aliphatic hydroxyl groups is 2. The lowest BCUT2D eigenvalue weighted by Crippen LogP contribution is -2.45. The summed E-state index contributed by atoms with van der Waals surface area (Å²) < 4.78 is 11.3. The highest BCUT2D eigenvalue weighted by molar-refractivity contribution is 6.29. The first kappa shape index (κ1) is 19.9. The average molecular weight is 444 g/mol. The van der Waals surface area contributed by atoms with Gasteiger partial charge in [-0.25, -0.2) is 0 Å². The Morgan fingerprint density at radius 3 is 2.38 bits per heavy atom. The Balaban J connectivity index is 1.55. The van der Waals surface area contributed by atoms with Gasteiger partial charge in [-0.05, 0) is 13.8 Å². The van der Waals surface area contributed by atoms with Crippen LogP contribution < -0.4 is 0 Å². The van der Waals surface area contributed by atoms with E-state index in [1.54, 1.807) is 6.92 Å². The highest BCUT2D eigenvalue weighted by Gasteiger charge is 2.92. The van der Waals surface area contributed by atoms with Gasteiger partial charge in [-0.1, -0.05) is 0 Å². The van der Waals surface area contributed by atoms with Gasteiger partial charge < -0.3 is 35.0 Å². The van der Waals surface area contributed by atoms with Crippen molar-refractivity contribution in [2.45, 2.75) is 62.8 Å². The Morgan fingerprint density at radius 2 is 1.75 bits per heavy atom. The average Bonchev–Trinajstić information content (AvgIpc) is 3.15. The number of fused-ring (bicyclic) bond motifs is 4. The van der Waals surface area contributed by atoms with E-state index < -0.39 is 81.7 Å². The van der Waals surface area contributed by atoms with E-state index >= 15 is 0 Å². The van der Waals surface area contributed by atoms with Crippen LogP contribution in [0, 0.1) is 5.41 Å². The van der Waals surface area contributed by atoms with Crippen molar-refractivity contribution in [1.82, 2.24) is 0 Å². The summed E-state index contributed by atoms with van der Waals surface area (Å²) in [6, 6.07) is 0. The maximum absolute atomic E-state index is 13.4. The highest BCUT2D eigenvalue weighted by atomic mass is 16.5. The van der Waals surface area contributed by atoms with Crippen molar-refractivity contribution in [1.29, 1.82) is 0 Å². The molecular weight excluding hydrogens is 424 g/mol. The predicted molar refractivity (Wildman–Crippen MR) is 102 cm³/mol. The molecule has 7 atom stereocenters. The molecule has 2 fully saturated rings. The minimum atomic E-state index is -1.90. The lowest BCUT2D eigenvalue weighted by atomic mass is 9.75. The van der Waals surface area contributed by atoms with Crippen molar-refractivity contribution in [2.24, 2.45) is 5.41 Å². The maximum atomic E-state index is 13.4. The normalized spacial score (nSPS) is 40.7. The largest absolute Gasteiger partial charge is 0.507 e. The fourth-order valence-corrected chi connectivity index (χ4v) is 6.54. The molecule has 2 heterocycles. The third kappa shape index (κ3) is 1.79. The summed E-state index contributed by atoms with van der Waals surface area (Å²) in [5.74, 6) is -3.80. The molecule has 0 bridgehead atoms. The topological polar surface area (TPSA) is 171 Å². The summed E-state index contributed by atoms with van der Waals surface area (Å²) in [5.41, 5.74) is -4.06. The summed E-state index contributed by atoms with van der Waals surface area (Å²) in [7, 11) is 0. The van der Waals surface area contributed by atoms with Crippen molar-refractivity contribution in [3.63, 3.8) is 0 Å². The molecule has 1 aromatic carbocycles. The summed E-state index contributed by atoms with van der Waals surface area (Å²) in [4.78, 5) is 37.9. The number of carbonyl (C=O) groups excluding carboxylic acids is 2. The molecular formula is C22H20O10. The number of aliphatic hydroxyl groups excluding tert-OH is 1. The van der Waals surface area contributed by atoms with Crippen molar-refractivity contribution < 1.29 is 49.4 Å². The Morgan fingerprint density at radius 1 is 1.09 bits per heavy atom. The van der Waals surface area contributed by atoms with Gasteiger partial charge in [-0.3, -0.25) is 14.4 Å². The molecule has 1 aromatic rings. The number of carbonyl (C=O) groups is 3. The van der Waals surface area contributed by atoms with Crippen LogP contribution in [0.3, 0.4) is 0 Å². The van der Waals surface area contributed by atoms with Crippen LogP contribution in [-0.4, -0.2) is 67.5 Å². The summed E-state index contributed by atoms with van der Waals surface area (Å²) in [5, 5.41) is 53.0. The van der Waals surface area contributed by atoms with Gasteiger partial charge >= 0.3 is 5.97 Å². The van der Waals surface area contributed by atoms with Crippen LogP contribution in [0.5, 0.6) is 11.5 Å². The van der Waals surface area contributed by atoms with Gasteiger partial charge in [0.1, 0.15) is 29.3 Å². The second kappa shape index (κ2) is 5.57. The van der Waals surface area contributed by atoms with Gasteiger partial charge in [-0.15, -0.1) is 0 Å². The van der Waals surface area contributed by atoms with Crippen molar-refractivity contribution >= 4 is 17.5 Å². The molecule has 2 aliphatic heterocycles. The molecule has 0 aromatic heterocycles. The number of ether oxygens (including phenoxy) is 2. The zero-order valence-electron chi connectivity index (χ0n) is 17.1. The first-order valence-electron chi connectivity index (χ1n) is 10.4. The van der Waals surface area contributed by atoms with Crippen LogP contribution >= 0.6 is 0 Å². The van der Waals surface area contributed by atoms with E-state index in [2.05, 4.69) is 0 Å². The molecule has 7 unspecified atom stereocenters. The number of benzene rings is 1. The van der Waals surface area contributed by atoms with Crippen LogP contribution in [0.15, 0.2) is 11.1 Å². The third-order valence-corrected chi connectivity index (χ3v) is 7.94. The second-order valence-electron chi connectivity index (χ2n) is 9.25. The first-order valence-corrected chi connectivity index (χ1v) is 10.4. The number of phenols is 2. The van der Waals surface area contributed by atoms with E-state index in [0.717, 1.165) is 0 Å². The van der Waals surface area contributed by atoms with Crippen molar-refractivity contribution in [3.8, 4) is 11.5 Å². The minimum Gasteiger partial charge on any atom is -0.507 e. The molecule has 5 aliphatic rings. The van der Waals surface area contributed by atoms with E-state index in [1.165, 1.54) is 6.92 Å². The number of phenolic OH excluding ortho intramolecular Hbond substituents is 2. The molecule has 0 radical (unpaired) electrons. The van der Waals surface area contributed by atoms with Gasteiger partial charge in [0, 0.05) is 28.7 Å². The lowest BCUT2D eigenvalue weighted by molar-refractivity contribution is -0.220. The number of rotatable bonds is 2. The second-order valence-corrected chi connectivity index (χ2v) is 9.25. The summed E-state index contributed by atoms with van der Waals surface area (Å²) >= 11 is 0. The van der Waals surface area contributed by atoms with Gasteiger partial charge in [0.25, 0.3) is 0 Å². The van der Waals surface area contributed by atoms with E-state index in [4.69, 9.17) is 14.6 Å². The molecule has 1 saturated heterocycles. The zero-order chi connectivity index (χ0) is 23.1. The molecule has 6 rings (SSSR count). The molecule has 32 heavy (non-hydrogen) atoms. The smallest absolute Gasteiger partial charge is 0.305 e. The number of ketones is 2. The van der Waals surface area contributed by atoms with E-state index in [-0.39, 0.29) is 35.1 Å². The number of Topliss-reactive ketones (excluding diaryl/α,β-unsaturated/α-hetero) is 2. The number of hydrogen-bond donors (Lipinski definition) is 5. The molecule has 168 valence electrons. The van der Waals surface area contributed by atoms with Crippen LogP contribution in [0.2, 0.25) is 0 Å². The standard InChI is InChI=1S/C22H20O10/c1-5-10-8(3-7(31-5)4-9(23)24)15(25)11-12(16(10)26)18(28)14-13(17(11)27)19-21(6(2)32-19)20(29)22(14,21)30/h5-7,19-20,27-30H,3-4H2,1-2H3,(H,23,24). The molecule has 10 nitrogen and oxygen atoms in total. The number of carboxylic acids is 1. The maximum Gasteiger partial charge on any atom is 0.305 e. The Kier molecular flexibility index (Phi) is 3.46. The van der Waals surface area contributed by atoms with Crippen LogP contribution in [0.4, 0.5) is 0 Å². The van der Waals surface area contributed by atoms with Crippen LogP contribution in [0.25, 0.3) is 0 Å². The lowest BCUT2D eigenvalue weighted by Gasteiger charge is -2.42. The molecule has 1 spiro atoms. The van der Waals surface area contributed by atoms with Crippen molar-refractivity contribution in [2.75, 3.05) is 0 Å². The molecule has 1 saturated carbocycles. The SMILES string of the molecule is CC1OC(CC(=O)O)CC2=C1C(=O)c1c(O)c3c(c(O)c1C2=O)C1OC(C)C12C(O)C32O. The van der Waals surface area contributed by atoms with Crippen LogP contribution in [0.1, 0.15) is 64.6 Å². The zero-order valence-corrected chi connectivity index (χ0v) is 17.1. The number of hydrogen-bond acceptors (Lipinski definition) is 9. The molecule has 10 heteroatoms. The number of carboxylic acid groups (broad SMARTS) is 1. The van der Waals surface area contributed by atoms with E-state index in [0.29, 0.717) is 0 Å². The van der Waals surface area contributed by atoms with Crippen LogP contribution in [-0.2, 0) is 19.9 Å². The van der Waals surface area contributed by atoms with E-state index in [9.17, 15) is 34.8 Å². The Hall–Kier alpha value is -2.79. The van der Waals surface area contributed by atoms with Crippen molar-refractivity contribution in [3.05, 3.63) is 33.4 Å². The Labute approximate surface area is 180 Å². The van der Waals surface area contributed by atoms with Gasteiger partial charge in [0.05, 0.1) is 41.3 Å². The monoisotopic (exact) mass is 444 g/mol. The summed E-state index contributed by atoms with van der Waals surface area (Å²) in [6.07, 6.45) is -4.99. The number of aromatic hydroxyl groups is 2. The predicted octanol–water partition coefficient (Wildman–Crippen LogP) is 0.447. The molecule has 3 aliphatic carbocycles. The molecule has 0 amide bonds. The van der Waals surface area contributed by atoms with Gasteiger partial charge in [0.2, 0.25) is 0 Å². The van der Waals surface area contributed by atoms with Gasteiger partial charge in [-0.2, -0.15) is 0 Å². The minimum absolute atomic E-state index is 0.000422. The summed E-state index contributed by atoms with van der Waals surface area (Å²) in [6.45, 7) is 3.16. The fraction of sp³-hybridized carbons (Fsp3) is 0.500. The number of aliphatic carboxylic acids is 1. The van der Waals surface area contributed by atoms with Gasteiger partial charge in [0.15, 0.2) is 11.6 Å². The quantitative estimate of drug-likeness (QED) is 0.403. The van der Waals surface area contributed by atoms with E-state index in [1.807, 2.05) is 0 Å². The third-order valence-electron chi connectivity index (χ3n) is 7.94. The fourth-order valence-electron chi connectivity index (χ4n) is 6.54. The molecule has 5 N–H and O–H groups in total. The highest BCUT2D eigenvalue weighted by Crippen LogP contribution is 2.84. The first-order chi connectivity index (χ1) is 15.0.